The first-order valence-electron chi connectivity index (χ1n) is 5.40. The summed E-state index contributed by atoms with van der Waals surface area (Å²) in [7, 11) is 0. The van der Waals surface area contributed by atoms with Crippen LogP contribution in [0, 0.1) is 20.8 Å². The Balaban J connectivity index is 2.27. The maximum atomic E-state index is 6.02. The summed E-state index contributed by atoms with van der Waals surface area (Å²) in [6, 6.07) is 8.04. The van der Waals surface area contributed by atoms with Gasteiger partial charge in [-0.3, -0.25) is 0 Å². The number of anilines is 2. The Bertz CT molecular complexity index is 512. The molecular formula is C13H14ClN3. The van der Waals surface area contributed by atoms with E-state index >= 15 is 0 Å². The Hall–Kier alpha value is -1.61. The van der Waals surface area contributed by atoms with Gasteiger partial charge in [0, 0.05) is 16.9 Å². The second-order valence-corrected chi connectivity index (χ2v) is 4.40. The van der Waals surface area contributed by atoms with E-state index in [0.717, 1.165) is 16.9 Å². The molecule has 0 radical (unpaired) electrons. The highest BCUT2D eigenvalue weighted by Crippen LogP contribution is 2.19. The second-order valence-electron chi connectivity index (χ2n) is 4.04. The van der Waals surface area contributed by atoms with Crippen molar-refractivity contribution in [2.75, 3.05) is 5.32 Å². The number of nitrogens with zero attached hydrogens (tertiary/aromatic N) is 2. The zero-order valence-corrected chi connectivity index (χ0v) is 10.8. The fourth-order valence-corrected chi connectivity index (χ4v) is 1.63. The van der Waals surface area contributed by atoms with Crippen LogP contribution in [0.25, 0.3) is 0 Å². The maximum Gasteiger partial charge on any atom is 0.228 e. The first-order chi connectivity index (χ1) is 8.06. The van der Waals surface area contributed by atoms with Gasteiger partial charge >= 0.3 is 0 Å². The van der Waals surface area contributed by atoms with Gasteiger partial charge in [-0.2, -0.15) is 0 Å². The molecule has 0 aliphatic heterocycles. The first-order valence-corrected chi connectivity index (χ1v) is 5.78. The SMILES string of the molecule is Cc1ccc(Nc2nc(C)c(C)c(Cl)n2)cc1. The fourth-order valence-electron chi connectivity index (χ4n) is 1.42. The van der Waals surface area contributed by atoms with E-state index in [2.05, 4.69) is 15.3 Å². The van der Waals surface area contributed by atoms with Crippen LogP contribution in [0.1, 0.15) is 16.8 Å². The zero-order chi connectivity index (χ0) is 12.4. The van der Waals surface area contributed by atoms with Gasteiger partial charge in [-0.05, 0) is 32.9 Å². The third kappa shape index (κ3) is 2.74. The van der Waals surface area contributed by atoms with E-state index in [1.165, 1.54) is 5.56 Å². The summed E-state index contributed by atoms with van der Waals surface area (Å²) < 4.78 is 0. The van der Waals surface area contributed by atoms with Crippen LogP contribution in [0.4, 0.5) is 11.6 Å². The molecule has 2 rings (SSSR count). The molecule has 3 nitrogen and oxygen atoms in total. The van der Waals surface area contributed by atoms with Crippen molar-refractivity contribution in [3.8, 4) is 0 Å². The Kier molecular flexibility index (Phi) is 3.29. The topological polar surface area (TPSA) is 37.8 Å². The van der Waals surface area contributed by atoms with Gasteiger partial charge in [0.15, 0.2) is 0 Å². The van der Waals surface area contributed by atoms with Gasteiger partial charge in [-0.1, -0.05) is 29.3 Å². The predicted molar refractivity (Wildman–Crippen MR) is 71.0 cm³/mol. The van der Waals surface area contributed by atoms with Crippen LogP contribution in [0.3, 0.4) is 0 Å². The van der Waals surface area contributed by atoms with Crippen molar-refractivity contribution >= 4 is 23.2 Å². The van der Waals surface area contributed by atoms with Crippen molar-refractivity contribution in [3.05, 3.63) is 46.2 Å². The first kappa shape index (κ1) is 11.9. The van der Waals surface area contributed by atoms with Crippen molar-refractivity contribution < 1.29 is 0 Å². The molecule has 0 saturated heterocycles. The summed E-state index contributed by atoms with van der Waals surface area (Å²) >= 11 is 6.02. The molecule has 1 heterocycles. The Morgan fingerprint density at radius 3 is 2.24 bits per heavy atom. The largest absolute Gasteiger partial charge is 0.324 e. The van der Waals surface area contributed by atoms with E-state index in [0.29, 0.717) is 11.1 Å². The van der Waals surface area contributed by atoms with Crippen molar-refractivity contribution in [1.29, 1.82) is 0 Å². The number of hydrogen-bond donors (Lipinski definition) is 1. The number of aryl methyl sites for hydroxylation is 2. The molecule has 1 N–H and O–H groups in total. The molecule has 4 heteroatoms. The highest BCUT2D eigenvalue weighted by Gasteiger charge is 2.05. The maximum absolute atomic E-state index is 6.02. The van der Waals surface area contributed by atoms with Gasteiger partial charge in [0.1, 0.15) is 5.15 Å². The highest BCUT2D eigenvalue weighted by molar-refractivity contribution is 6.30. The van der Waals surface area contributed by atoms with E-state index in [9.17, 15) is 0 Å². The molecule has 88 valence electrons. The summed E-state index contributed by atoms with van der Waals surface area (Å²) in [5.41, 5.74) is 3.98. The van der Waals surface area contributed by atoms with Crippen LogP contribution in [-0.2, 0) is 0 Å². The van der Waals surface area contributed by atoms with Crippen LogP contribution in [-0.4, -0.2) is 9.97 Å². The van der Waals surface area contributed by atoms with Gasteiger partial charge in [-0.25, -0.2) is 9.97 Å². The number of aromatic nitrogens is 2. The molecule has 0 aliphatic rings. The zero-order valence-electron chi connectivity index (χ0n) is 10.1. The lowest BCUT2D eigenvalue weighted by Crippen LogP contribution is -2.01. The summed E-state index contributed by atoms with van der Waals surface area (Å²) in [5.74, 6) is 0.530. The molecule has 0 fully saturated rings. The van der Waals surface area contributed by atoms with E-state index in [4.69, 9.17) is 11.6 Å². The van der Waals surface area contributed by atoms with Gasteiger partial charge in [0.25, 0.3) is 0 Å². The predicted octanol–water partition coefficient (Wildman–Crippen LogP) is 3.80. The van der Waals surface area contributed by atoms with Crippen molar-refractivity contribution in [2.24, 2.45) is 0 Å². The van der Waals surface area contributed by atoms with Gasteiger partial charge in [-0.15, -0.1) is 0 Å². The summed E-state index contributed by atoms with van der Waals surface area (Å²) in [6.07, 6.45) is 0. The highest BCUT2D eigenvalue weighted by atomic mass is 35.5. The lowest BCUT2D eigenvalue weighted by molar-refractivity contribution is 1.07. The summed E-state index contributed by atoms with van der Waals surface area (Å²) in [5, 5.41) is 3.63. The smallest absolute Gasteiger partial charge is 0.228 e. The van der Waals surface area contributed by atoms with Crippen molar-refractivity contribution in [2.45, 2.75) is 20.8 Å². The van der Waals surface area contributed by atoms with E-state index in [1.807, 2.05) is 45.0 Å². The monoisotopic (exact) mass is 247 g/mol. The Labute approximate surface area is 106 Å². The molecule has 0 bridgehead atoms. The standard InChI is InChI=1S/C13H14ClN3/c1-8-4-6-11(7-5-8)16-13-15-10(3)9(2)12(14)17-13/h4-7H,1-3H3,(H,15,16,17). The lowest BCUT2D eigenvalue weighted by atomic mass is 10.2. The third-order valence-electron chi connectivity index (χ3n) is 2.64. The van der Waals surface area contributed by atoms with Crippen molar-refractivity contribution in [3.63, 3.8) is 0 Å². The molecule has 17 heavy (non-hydrogen) atoms. The molecule has 0 saturated carbocycles. The minimum atomic E-state index is 0.493. The molecule has 0 amide bonds. The summed E-state index contributed by atoms with van der Waals surface area (Å²) in [6.45, 7) is 5.88. The Morgan fingerprint density at radius 1 is 1.00 bits per heavy atom. The minimum absolute atomic E-state index is 0.493. The fraction of sp³-hybridized carbons (Fsp3) is 0.231. The van der Waals surface area contributed by atoms with Gasteiger partial charge in [0.2, 0.25) is 5.95 Å². The van der Waals surface area contributed by atoms with Crippen molar-refractivity contribution in [1.82, 2.24) is 9.97 Å². The van der Waals surface area contributed by atoms with Crippen LogP contribution >= 0.6 is 11.6 Å². The number of benzene rings is 1. The quantitative estimate of drug-likeness (QED) is 0.821. The number of nitrogens with one attached hydrogen (secondary N) is 1. The van der Waals surface area contributed by atoms with E-state index in [1.54, 1.807) is 0 Å². The Morgan fingerprint density at radius 2 is 1.65 bits per heavy atom. The molecule has 0 atom stereocenters. The van der Waals surface area contributed by atoms with Gasteiger partial charge in [0.05, 0.1) is 0 Å². The molecule has 2 aromatic rings. The molecule has 0 unspecified atom stereocenters. The molecule has 0 spiro atoms. The van der Waals surface area contributed by atoms with Crippen LogP contribution < -0.4 is 5.32 Å². The second kappa shape index (κ2) is 4.72. The molecule has 0 aliphatic carbocycles. The minimum Gasteiger partial charge on any atom is -0.324 e. The van der Waals surface area contributed by atoms with Gasteiger partial charge < -0.3 is 5.32 Å². The average Bonchev–Trinajstić information content (AvgIpc) is 2.29. The van der Waals surface area contributed by atoms with Crippen LogP contribution in [0.5, 0.6) is 0 Å². The average molecular weight is 248 g/mol. The number of halogens is 1. The number of hydrogen-bond acceptors (Lipinski definition) is 3. The summed E-state index contributed by atoms with van der Waals surface area (Å²) in [4.78, 5) is 8.54. The molecule has 1 aromatic heterocycles. The molecular weight excluding hydrogens is 234 g/mol. The number of rotatable bonds is 2. The van der Waals surface area contributed by atoms with E-state index in [-0.39, 0.29) is 0 Å². The van der Waals surface area contributed by atoms with Crippen LogP contribution in [0.15, 0.2) is 24.3 Å². The molecule has 1 aromatic carbocycles. The van der Waals surface area contributed by atoms with Crippen LogP contribution in [0.2, 0.25) is 5.15 Å². The van der Waals surface area contributed by atoms with E-state index < -0.39 is 0 Å². The third-order valence-corrected chi connectivity index (χ3v) is 3.01. The normalized spacial score (nSPS) is 10.4. The lowest BCUT2D eigenvalue weighted by Gasteiger charge is -2.08.